The van der Waals surface area contributed by atoms with Gasteiger partial charge in [0.1, 0.15) is 5.56 Å². The number of nitro groups is 1. The summed E-state index contributed by atoms with van der Waals surface area (Å²) in [5, 5.41) is 16.5. The molecule has 1 aromatic heterocycles. The summed E-state index contributed by atoms with van der Waals surface area (Å²) in [5.74, 6) is -0.473. The van der Waals surface area contributed by atoms with Crippen LogP contribution in [0.25, 0.3) is 0 Å². The lowest BCUT2D eigenvalue weighted by Crippen LogP contribution is -2.27. The highest BCUT2D eigenvalue weighted by molar-refractivity contribution is 5.99. The van der Waals surface area contributed by atoms with Crippen molar-refractivity contribution in [2.24, 2.45) is 0 Å². The molecule has 0 aliphatic carbocycles. The molecule has 0 unspecified atom stereocenters. The van der Waals surface area contributed by atoms with E-state index < -0.39 is 10.8 Å². The second-order valence-corrected chi connectivity index (χ2v) is 4.30. The van der Waals surface area contributed by atoms with Crippen LogP contribution in [0.5, 0.6) is 0 Å². The Labute approximate surface area is 121 Å². The van der Waals surface area contributed by atoms with Crippen LogP contribution in [0, 0.1) is 10.1 Å². The molecule has 21 heavy (non-hydrogen) atoms. The SMILES string of the molecule is CNc1ccc([N+](=O)[O-])c(C(=O)NCCn2ccnc2)c1. The van der Waals surface area contributed by atoms with E-state index in [0.29, 0.717) is 18.8 Å². The number of nitro benzene ring substituents is 1. The summed E-state index contributed by atoms with van der Waals surface area (Å²) in [7, 11) is 1.68. The predicted octanol–water partition coefficient (Wildman–Crippen LogP) is 1.26. The first-order valence-electron chi connectivity index (χ1n) is 6.32. The molecule has 0 bridgehead atoms. The normalized spacial score (nSPS) is 10.1. The first kappa shape index (κ1) is 14.5. The van der Waals surface area contributed by atoms with Crippen molar-refractivity contribution in [1.82, 2.24) is 14.9 Å². The van der Waals surface area contributed by atoms with Gasteiger partial charge in [-0.3, -0.25) is 14.9 Å². The van der Waals surface area contributed by atoms with E-state index in [9.17, 15) is 14.9 Å². The number of rotatable bonds is 6. The summed E-state index contributed by atoms with van der Waals surface area (Å²) in [6.45, 7) is 0.904. The molecule has 0 spiro atoms. The molecule has 2 N–H and O–H groups in total. The first-order valence-corrected chi connectivity index (χ1v) is 6.32. The fourth-order valence-electron chi connectivity index (χ4n) is 1.85. The number of anilines is 1. The van der Waals surface area contributed by atoms with Crippen LogP contribution in [-0.2, 0) is 6.54 Å². The smallest absolute Gasteiger partial charge is 0.282 e. The van der Waals surface area contributed by atoms with Crippen molar-refractivity contribution >= 4 is 17.3 Å². The second-order valence-electron chi connectivity index (χ2n) is 4.30. The zero-order chi connectivity index (χ0) is 15.2. The zero-order valence-electron chi connectivity index (χ0n) is 11.4. The number of imidazole rings is 1. The largest absolute Gasteiger partial charge is 0.388 e. The van der Waals surface area contributed by atoms with Crippen molar-refractivity contribution in [3.05, 3.63) is 52.6 Å². The van der Waals surface area contributed by atoms with Crippen LogP contribution in [-0.4, -0.2) is 34.0 Å². The van der Waals surface area contributed by atoms with Gasteiger partial charge < -0.3 is 15.2 Å². The van der Waals surface area contributed by atoms with Gasteiger partial charge in [0.25, 0.3) is 11.6 Å². The number of hydrogen-bond acceptors (Lipinski definition) is 5. The van der Waals surface area contributed by atoms with Crippen LogP contribution < -0.4 is 10.6 Å². The number of nitrogens with one attached hydrogen (secondary N) is 2. The van der Waals surface area contributed by atoms with Crippen molar-refractivity contribution in [2.45, 2.75) is 6.54 Å². The highest BCUT2D eigenvalue weighted by atomic mass is 16.6. The quantitative estimate of drug-likeness (QED) is 0.615. The van der Waals surface area contributed by atoms with E-state index in [1.165, 1.54) is 12.1 Å². The maximum absolute atomic E-state index is 12.1. The van der Waals surface area contributed by atoms with Crippen LogP contribution >= 0.6 is 0 Å². The third kappa shape index (κ3) is 3.56. The summed E-state index contributed by atoms with van der Waals surface area (Å²) in [6.07, 6.45) is 5.05. The molecule has 0 saturated carbocycles. The average Bonchev–Trinajstić information content (AvgIpc) is 2.99. The van der Waals surface area contributed by atoms with Gasteiger partial charge in [-0.15, -0.1) is 0 Å². The summed E-state index contributed by atoms with van der Waals surface area (Å²) in [4.78, 5) is 26.4. The van der Waals surface area contributed by atoms with Crippen LogP contribution in [0.2, 0.25) is 0 Å². The van der Waals surface area contributed by atoms with Crippen molar-refractivity contribution in [3.8, 4) is 0 Å². The Balaban J connectivity index is 2.08. The summed E-state index contributed by atoms with van der Waals surface area (Å²) in [6, 6.07) is 4.34. The fourth-order valence-corrected chi connectivity index (χ4v) is 1.85. The average molecular weight is 289 g/mol. The highest BCUT2D eigenvalue weighted by Crippen LogP contribution is 2.22. The Bertz CT molecular complexity index is 639. The highest BCUT2D eigenvalue weighted by Gasteiger charge is 2.20. The van der Waals surface area contributed by atoms with Crippen LogP contribution in [0.15, 0.2) is 36.9 Å². The van der Waals surface area contributed by atoms with E-state index in [1.54, 1.807) is 36.4 Å². The predicted molar refractivity (Wildman–Crippen MR) is 77.2 cm³/mol. The zero-order valence-corrected chi connectivity index (χ0v) is 11.4. The number of amides is 1. The van der Waals surface area contributed by atoms with Crippen LogP contribution in [0.4, 0.5) is 11.4 Å². The monoisotopic (exact) mass is 289 g/mol. The first-order chi connectivity index (χ1) is 10.1. The Morgan fingerprint density at radius 3 is 2.90 bits per heavy atom. The summed E-state index contributed by atoms with van der Waals surface area (Å²) < 4.78 is 1.80. The maximum Gasteiger partial charge on any atom is 0.282 e. The topological polar surface area (TPSA) is 102 Å². The molecule has 8 nitrogen and oxygen atoms in total. The minimum Gasteiger partial charge on any atom is -0.388 e. The summed E-state index contributed by atoms with van der Waals surface area (Å²) >= 11 is 0. The molecule has 2 rings (SSSR count). The Morgan fingerprint density at radius 2 is 2.29 bits per heavy atom. The van der Waals surface area contributed by atoms with Gasteiger partial charge in [-0.05, 0) is 12.1 Å². The molecular weight excluding hydrogens is 274 g/mol. The molecule has 1 aromatic carbocycles. The third-order valence-corrected chi connectivity index (χ3v) is 2.94. The van der Waals surface area contributed by atoms with E-state index in [0.717, 1.165) is 0 Å². The molecular formula is C13H15N5O3. The van der Waals surface area contributed by atoms with Crippen LogP contribution in [0.3, 0.4) is 0 Å². The Morgan fingerprint density at radius 1 is 1.48 bits per heavy atom. The molecule has 110 valence electrons. The summed E-state index contributed by atoms with van der Waals surface area (Å²) in [5.41, 5.74) is 0.465. The van der Waals surface area contributed by atoms with Gasteiger partial charge in [-0.1, -0.05) is 0 Å². The minimum absolute atomic E-state index is 0.0393. The van der Waals surface area contributed by atoms with E-state index in [2.05, 4.69) is 15.6 Å². The number of carbonyl (C=O) groups excluding carboxylic acids is 1. The lowest BCUT2D eigenvalue weighted by atomic mass is 10.1. The van der Waals surface area contributed by atoms with Crippen molar-refractivity contribution < 1.29 is 9.72 Å². The standard InChI is InChI=1S/C13H15N5O3/c1-14-10-2-3-12(18(20)21)11(8-10)13(19)16-5-7-17-6-4-15-9-17/h2-4,6,8-9,14H,5,7H2,1H3,(H,16,19). The Kier molecular flexibility index (Phi) is 4.50. The molecule has 0 atom stereocenters. The second kappa shape index (κ2) is 6.51. The van der Waals surface area contributed by atoms with Gasteiger partial charge in [0.05, 0.1) is 11.3 Å². The number of hydrogen-bond donors (Lipinski definition) is 2. The maximum atomic E-state index is 12.1. The van der Waals surface area contributed by atoms with Gasteiger partial charge in [0, 0.05) is 44.3 Å². The lowest BCUT2D eigenvalue weighted by Gasteiger charge is -2.08. The lowest BCUT2D eigenvalue weighted by molar-refractivity contribution is -0.385. The van der Waals surface area contributed by atoms with Crippen molar-refractivity contribution in [2.75, 3.05) is 18.9 Å². The van der Waals surface area contributed by atoms with Gasteiger partial charge in [-0.2, -0.15) is 0 Å². The molecule has 0 aliphatic rings. The fraction of sp³-hybridized carbons (Fsp3) is 0.231. The van der Waals surface area contributed by atoms with E-state index in [-0.39, 0.29) is 11.3 Å². The van der Waals surface area contributed by atoms with E-state index >= 15 is 0 Å². The van der Waals surface area contributed by atoms with Crippen molar-refractivity contribution in [1.29, 1.82) is 0 Å². The third-order valence-electron chi connectivity index (χ3n) is 2.94. The van der Waals surface area contributed by atoms with Gasteiger partial charge in [0.15, 0.2) is 0 Å². The molecule has 0 saturated heterocycles. The van der Waals surface area contributed by atoms with Gasteiger partial charge >= 0.3 is 0 Å². The van der Waals surface area contributed by atoms with Gasteiger partial charge in [0.2, 0.25) is 0 Å². The molecule has 0 radical (unpaired) electrons. The van der Waals surface area contributed by atoms with E-state index in [1.807, 2.05) is 0 Å². The Hall–Kier alpha value is -2.90. The number of nitrogens with zero attached hydrogens (tertiary/aromatic N) is 3. The molecule has 0 fully saturated rings. The number of aromatic nitrogens is 2. The molecule has 1 amide bonds. The molecule has 0 aliphatic heterocycles. The van der Waals surface area contributed by atoms with Crippen molar-refractivity contribution in [3.63, 3.8) is 0 Å². The number of carbonyl (C=O) groups is 1. The van der Waals surface area contributed by atoms with Crippen LogP contribution in [0.1, 0.15) is 10.4 Å². The molecule has 8 heteroatoms. The molecule has 2 aromatic rings. The molecule has 1 heterocycles. The minimum atomic E-state index is -0.565. The number of benzene rings is 1. The van der Waals surface area contributed by atoms with E-state index in [4.69, 9.17) is 0 Å². The van der Waals surface area contributed by atoms with Gasteiger partial charge in [-0.25, -0.2) is 4.98 Å².